The maximum atomic E-state index is 11.8. The fourth-order valence-corrected chi connectivity index (χ4v) is 3.60. The van der Waals surface area contributed by atoms with Gasteiger partial charge in [-0.1, -0.05) is 106 Å². The molecular formula is C30H52O2. The van der Waals surface area contributed by atoms with E-state index in [9.17, 15) is 4.79 Å². The van der Waals surface area contributed by atoms with E-state index in [0.717, 1.165) is 32.1 Å². The minimum absolute atomic E-state index is 0.000546. The highest BCUT2D eigenvalue weighted by Crippen LogP contribution is 2.11. The summed E-state index contributed by atoms with van der Waals surface area (Å²) in [4.78, 5) is 11.8. The molecule has 0 unspecified atom stereocenters. The summed E-state index contributed by atoms with van der Waals surface area (Å²) in [6.07, 6.45) is 38.8. The Morgan fingerprint density at radius 3 is 1.47 bits per heavy atom. The molecule has 0 aliphatic carbocycles. The molecule has 0 bridgehead atoms. The molecule has 0 aliphatic rings. The van der Waals surface area contributed by atoms with Gasteiger partial charge in [-0.05, 0) is 65.2 Å². The predicted molar refractivity (Wildman–Crippen MR) is 142 cm³/mol. The van der Waals surface area contributed by atoms with Crippen LogP contribution in [0.4, 0.5) is 0 Å². The van der Waals surface area contributed by atoms with Gasteiger partial charge < -0.3 is 4.74 Å². The lowest BCUT2D eigenvalue weighted by atomic mass is 10.1. The molecule has 0 saturated heterocycles. The molecule has 0 saturated carbocycles. The summed E-state index contributed by atoms with van der Waals surface area (Å²) >= 11 is 0. The Bertz CT molecular complexity index is 455. The van der Waals surface area contributed by atoms with Crippen molar-refractivity contribution in [3.05, 3.63) is 48.6 Å². The van der Waals surface area contributed by atoms with Crippen molar-refractivity contribution in [2.75, 3.05) is 6.61 Å². The third-order valence-electron chi connectivity index (χ3n) is 5.63. The van der Waals surface area contributed by atoms with Gasteiger partial charge in [-0.2, -0.15) is 0 Å². The van der Waals surface area contributed by atoms with Crippen molar-refractivity contribution in [3.63, 3.8) is 0 Å². The van der Waals surface area contributed by atoms with Gasteiger partial charge in [-0.15, -0.1) is 0 Å². The van der Waals surface area contributed by atoms with Crippen molar-refractivity contribution in [1.82, 2.24) is 0 Å². The molecule has 0 aromatic rings. The molecule has 0 aromatic carbocycles. The van der Waals surface area contributed by atoms with Crippen molar-refractivity contribution >= 4 is 5.97 Å². The zero-order chi connectivity index (χ0) is 23.4. The van der Waals surface area contributed by atoms with E-state index >= 15 is 0 Å². The SMILES string of the molecule is C/C=C/C/C=C\CCCCCCCCCC(=O)OCCCCCCCC/C=C\C/C=C/C. The third kappa shape index (κ3) is 26.5. The molecule has 2 nitrogen and oxygen atoms in total. The van der Waals surface area contributed by atoms with Crippen molar-refractivity contribution in [1.29, 1.82) is 0 Å². The zero-order valence-corrected chi connectivity index (χ0v) is 21.4. The first-order valence-electron chi connectivity index (χ1n) is 13.5. The Morgan fingerprint density at radius 2 is 0.969 bits per heavy atom. The molecule has 2 heteroatoms. The summed E-state index contributed by atoms with van der Waals surface area (Å²) in [6, 6.07) is 0. The molecule has 0 N–H and O–H groups in total. The van der Waals surface area contributed by atoms with Crippen LogP contribution in [0, 0.1) is 0 Å². The second-order valence-corrected chi connectivity index (χ2v) is 8.70. The maximum absolute atomic E-state index is 11.8. The van der Waals surface area contributed by atoms with Gasteiger partial charge in [0.25, 0.3) is 0 Å². The van der Waals surface area contributed by atoms with Crippen molar-refractivity contribution in [2.45, 2.75) is 129 Å². The number of rotatable bonds is 23. The van der Waals surface area contributed by atoms with E-state index in [-0.39, 0.29) is 5.97 Å². The van der Waals surface area contributed by atoms with Crippen LogP contribution in [0.15, 0.2) is 48.6 Å². The number of carbonyl (C=O) groups excluding carboxylic acids is 1. The molecule has 32 heavy (non-hydrogen) atoms. The van der Waals surface area contributed by atoms with Gasteiger partial charge in [0.05, 0.1) is 6.61 Å². The highest BCUT2D eigenvalue weighted by molar-refractivity contribution is 5.69. The molecule has 0 rings (SSSR count). The lowest BCUT2D eigenvalue weighted by molar-refractivity contribution is -0.143. The Hall–Kier alpha value is -1.57. The molecule has 184 valence electrons. The van der Waals surface area contributed by atoms with E-state index in [4.69, 9.17) is 4.74 Å². The number of carbonyl (C=O) groups is 1. The summed E-state index contributed by atoms with van der Waals surface area (Å²) in [5, 5.41) is 0. The first-order valence-corrected chi connectivity index (χ1v) is 13.5. The molecule has 0 spiro atoms. The van der Waals surface area contributed by atoms with Gasteiger partial charge in [0.1, 0.15) is 0 Å². The second-order valence-electron chi connectivity index (χ2n) is 8.70. The minimum atomic E-state index is -0.000546. The molecule has 0 atom stereocenters. The summed E-state index contributed by atoms with van der Waals surface area (Å²) < 4.78 is 5.38. The predicted octanol–water partition coefficient (Wildman–Crippen LogP) is 9.82. The molecule has 0 aromatic heterocycles. The Morgan fingerprint density at radius 1 is 0.531 bits per heavy atom. The summed E-state index contributed by atoms with van der Waals surface area (Å²) in [7, 11) is 0. The Kier molecular flexibility index (Phi) is 26.1. The van der Waals surface area contributed by atoms with Gasteiger partial charge in [0, 0.05) is 6.42 Å². The molecule has 0 aliphatic heterocycles. The van der Waals surface area contributed by atoms with Crippen LogP contribution in [0.2, 0.25) is 0 Å². The molecule has 0 amide bonds. The van der Waals surface area contributed by atoms with Crippen LogP contribution in [-0.2, 0) is 9.53 Å². The number of hydrogen-bond acceptors (Lipinski definition) is 2. The normalized spacial score (nSPS) is 12.2. The van der Waals surface area contributed by atoms with E-state index < -0.39 is 0 Å². The van der Waals surface area contributed by atoms with Crippen molar-refractivity contribution < 1.29 is 9.53 Å². The fraction of sp³-hybridized carbons (Fsp3) is 0.700. The second kappa shape index (κ2) is 27.5. The quantitative estimate of drug-likeness (QED) is 0.0890. The smallest absolute Gasteiger partial charge is 0.305 e. The summed E-state index contributed by atoms with van der Waals surface area (Å²) in [5.41, 5.74) is 0. The Labute approximate surface area is 200 Å². The highest BCUT2D eigenvalue weighted by atomic mass is 16.5. The van der Waals surface area contributed by atoms with Crippen molar-refractivity contribution in [2.24, 2.45) is 0 Å². The number of hydrogen-bond donors (Lipinski definition) is 0. The van der Waals surface area contributed by atoms with Crippen LogP contribution in [0.3, 0.4) is 0 Å². The van der Waals surface area contributed by atoms with Gasteiger partial charge in [0.15, 0.2) is 0 Å². The lowest BCUT2D eigenvalue weighted by Gasteiger charge is -2.05. The number of esters is 1. The van der Waals surface area contributed by atoms with Gasteiger partial charge >= 0.3 is 5.97 Å². The monoisotopic (exact) mass is 444 g/mol. The number of allylic oxidation sites excluding steroid dienone is 8. The topological polar surface area (TPSA) is 26.3 Å². The maximum Gasteiger partial charge on any atom is 0.305 e. The molecular weight excluding hydrogens is 392 g/mol. The fourth-order valence-electron chi connectivity index (χ4n) is 3.60. The zero-order valence-electron chi connectivity index (χ0n) is 21.4. The van der Waals surface area contributed by atoms with Gasteiger partial charge in [-0.3, -0.25) is 4.79 Å². The highest BCUT2D eigenvalue weighted by Gasteiger charge is 2.02. The van der Waals surface area contributed by atoms with E-state index in [0.29, 0.717) is 13.0 Å². The summed E-state index contributed by atoms with van der Waals surface area (Å²) in [6.45, 7) is 4.73. The molecule has 0 radical (unpaired) electrons. The van der Waals surface area contributed by atoms with Crippen LogP contribution >= 0.6 is 0 Å². The first kappa shape index (κ1) is 30.4. The van der Waals surface area contributed by atoms with Crippen LogP contribution in [0.25, 0.3) is 0 Å². The Balaban J connectivity index is 3.24. The van der Waals surface area contributed by atoms with Crippen LogP contribution < -0.4 is 0 Å². The standard InChI is InChI=1S/C30H52O2/c1-3-5-7-9-11-13-15-17-18-20-22-24-26-28-30(31)32-29-27-25-23-21-19-16-14-12-10-8-6-4-2/h3-6,9-12H,7-8,13-29H2,1-2H3/b5-3+,6-4+,11-9-,12-10-. The van der Waals surface area contributed by atoms with E-state index in [1.165, 1.54) is 77.0 Å². The average molecular weight is 445 g/mol. The van der Waals surface area contributed by atoms with Crippen molar-refractivity contribution in [3.8, 4) is 0 Å². The van der Waals surface area contributed by atoms with Crippen LogP contribution in [0.1, 0.15) is 129 Å². The summed E-state index contributed by atoms with van der Waals surface area (Å²) in [5.74, 6) is -0.000546. The van der Waals surface area contributed by atoms with E-state index in [2.05, 4.69) is 62.5 Å². The third-order valence-corrected chi connectivity index (χ3v) is 5.63. The molecule has 0 fully saturated rings. The largest absolute Gasteiger partial charge is 0.466 e. The van der Waals surface area contributed by atoms with Gasteiger partial charge in [-0.25, -0.2) is 0 Å². The number of unbranched alkanes of at least 4 members (excludes halogenated alkanes) is 13. The van der Waals surface area contributed by atoms with E-state index in [1.807, 2.05) is 0 Å². The van der Waals surface area contributed by atoms with Gasteiger partial charge in [0.2, 0.25) is 0 Å². The minimum Gasteiger partial charge on any atom is -0.466 e. The average Bonchev–Trinajstić information content (AvgIpc) is 2.80. The number of ether oxygens (including phenoxy) is 1. The first-order chi connectivity index (χ1) is 15.8. The van der Waals surface area contributed by atoms with Crippen LogP contribution in [-0.4, -0.2) is 12.6 Å². The van der Waals surface area contributed by atoms with E-state index in [1.54, 1.807) is 0 Å². The van der Waals surface area contributed by atoms with Crippen LogP contribution in [0.5, 0.6) is 0 Å². The molecule has 0 heterocycles. The lowest BCUT2D eigenvalue weighted by Crippen LogP contribution is -2.05.